The zero-order chi connectivity index (χ0) is 15.7. The van der Waals surface area contributed by atoms with Gasteiger partial charge in [0.05, 0.1) is 18.5 Å². The maximum absolute atomic E-state index is 12.8. The summed E-state index contributed by atoms with van der Waals surface area (Å²) < 4.78 is 0. The van der Waals surface area contributed by atoms with Crippen molar-refractivity contribution in [1.82, 2.24) is 10.2 Å². The molecule has 2 aliphatic carbocycles. The highest BCUT2D eigenvalue weighted by Crippen LogP contribution is 2.33. The first-order chi connectivity index (χ1) is 10.6. The number of hydrogen-bond donors (Lipinski definition) is 2. The van der Waals surface area contributed by atoms with Crippen LogP contribution in [0.15, 0.2) is 0 Å². The number of carbonyl (C=O) groups is 3. The number of nitrogens with zero attached hydrogens (tertiary/aromatic N) is 1. The van der Waals surface area contributed by atoms with Crippen LogP contribution in [-0.4, -0.2) is 46.4 Å². The normalized spacial score (nSPS) is 35.5. The second kappa shape index (κ2) is 6.26. The number of nitrogens with one attached hydrogen (secondary N) is 1. The minimum Gasteiger partial charge on any atom is -0.481 e. The summed E-state index contributed by atoms with van der Waals surface area (Å²) in [4.78, 5) is 37.5. The Morgan fingerprint density at radius 2 is 1.64 bits per heavy atom. The molecule has 122 valence electrons. The third-order valence-electron chi connectivity index (χ3n) is 5.50. The molecule has 2 saturated carbocycles. The number of piperazine rings is 1. The molecule has 6 nitrogen and oxygen atoms in total. The lowest BCUT2D eigenvalue weighted by atomic mass is 9.80. The van der Waals surface area contributed by atoms with E-state index in [1.54, 1.807) is 4.90 Å². The van der Waals surface area contributed by atoms with Gasteiger partial charge in [-0.1, -0.05) is 12.8 Å². The van der Waals surface area contributed by atoms with Gasteiger partial charge < -0.3 is 15.3 Å². The van der Waals surface area contributed by atoms with Gasteiger partial charge in [0.1, 0.15) is 0 Å². The monoisotopic (exact) mass is 308 g/mol. The Morgan fingerprint density at radius 3 is 2.32 bits per heavy atom. The van der Waals surface area contributed by atoms with Crippen LogP contribution in [0.4, 0.5) is 0 Å². The largest absolute Gasteiger partial charge is 0.481 e. The molecule has 3 rings (SSSR count). The van der Waals surface area contributed by atoms with E-state index in [-0.39, 0.29) is 42.3 Å². The number of aliphatic carboxylic acids is 1. The standard InChI is InChI=1S/C16H24N2O4/c19-14-9-18(13-4-2-1-3-12(13)17-14)15(20)10-5-7-11(8-6-10)16(21)22/h10-13H,1-9H2,(H,17,19)(H,21,22). The second-order valence-electron chi connectivity index (χ2n) is 6.88. The summed E-state index contributed by atoms with van der Waals surface area (Å²) in [5.41, 5.74) is 0. The van der Waals surface area contributed by atoms with Crippen molar-refractivity contribution in [2.45, 2.75) is 63.5 Å². The molecule has 22 heavy (non-hydrogen) atoms. The summed E-state index contributed by atoms with van der Waals surface area (Å²) in [6.45, 7) is 0.166. The molecule has 2 unspecified atom stereocenters. The Morgan fingerprint density at radius 1 is 1.00 bits per heavy atom. The minimum atomic E-state index is -0.754. The van der Waals surface area contributed by atoms with Crippen molar-refractivity contribution in [3.8, 4) is 0 Å². The molecular weight excluding hydrogens is 284 g/mol. The first-order valence-corrected chi connectivity index (χ1v) is 8.39. The summed E-state index contributed by atoms with van der Waals surface area (Å²) in [6.07, 6.45) is 6.52. The number of rotatable bonds is 2. The first kappa shape index (κ1) is 15.3. The molecule has 0 aromatic carbocycles. The fourth-order valence-corrected chi connectivity index (χ4v) is 4.24. The Balaban J connectivity index is 1.65. The van der Waals surface area contributed by atoms with Crippen LogP contribution in [0.2, 0.25) is 0 Å². The molecule has 2 atom stereocenters. The van der Waals surface area contributed by atoms with E-state index in [0.717, 1.165) is 25.7 Å². The van der Waals surface area contributed by atoms with Crippen LogP contribution < -0.4 is 5.32 Å². The Labute approximate surface area is 130 Å². The van der Waals surface area contributed by atoms with Crippen molar-refractivity contribution >= 4 is 17.8 Å². The second-order valence-corrected chi connectivity index (χ2v) is 6.88. The smallest absolute Gasteiger partial charge is 0.306 e. The molecular formula is C16H24N2O4. The lowest BCUT2D eigenvalue weighted by molar-refractivity contribution is -0.150. The van der Waals surface area contributed by atoms with Crippen molar-refractivity contribution in [2.24, 2.45) is 11.8 Å². The van der Waals surface area contributed by atoms with Gasteiger partial charge in [0, 0.05) is 12.0 Å². The van der Waals surface area contributed by atoms with E-state index in [9.17, 15) is 14.4 Å². The summed E-state index contributed by atoms with van der Waals surface area (Å²) in [6, 6.07) is 0.241. The topological polar surface area (TPSA) is 86.7 Å². The van der Waals surface area contributed by atoms with Gasteiger partial charge in [-0.25, -0.2) is 0 Å². The summed E-state index contributed by atoms with van der Waals surface area (Å²) >= 11 is 0. The molecule has 2 amide bonds. The number of fused-ring (bicyclic) bond motifs is 1. The highest BCUT2D eigenvalue weighted by molar-refractivity contribution is 5.88. The van der Waals surface area contributed by atoms with Gasteiger partial charge in [-0.2, -0.15) is 0 Å². The number of amides is 2. The van der Waals surface area contributed by atoms with E-state index in [0.29, 0.717) is 25.7 Å². The van der Waals surface area contributed by atoms with Crippen molar-refractivity contribution in [3.05, 3.63) is 0 Å². The molecule has 0 radical (unpaired) electrons. The Bertz CT molecular complexity index is 471. The van der Waals surface area contributed by atoms with Crippen LogP contribution in [0, 0.1) is 11.8 Å². The number of carboxylic acid groups (broad SMARTS) is 1. The number of hydrogen-bond acceptors (Lipinski definition) is 3. The van der Waals surface area contributed by atoms with Crippen LogP contribution in [0.1, 0.15) is 51.4 Å². The predicted octanol–water partition coefficient (Wildman–Crippen LogP) is 1.15. The van der Waals surface area contributed by atoms with Gasteiger partial charge in [0.25, 0.3) is 0 Å². The van der Waals surface area contributed by atoms with Crippen LogP contribution in [-0.2, 0) is 14.4 Å². The predicted molar refractivity (Wildman–Crippen MR) is 79.0 cm³/mol. The van der Waals surface area contributed by atoms with Crippen molar-refractivity contribution < 1.29 is 19.5 Å². The van der Waals surface area contributed by atoms with Gasteiger partial charge in [-0.05, 0) is 38.5 Å². The average molecular weight is 308 g/mol. The van der Waals surface area contributed by atoms with Crippen LogP contribution >= 0.6 is 0 Å². The highest BCUT2D eigenvalue weighted by atomic mass is 16.4. The molecule has 0 bridgehead atoms. The molecule has 1 aliphatic heterocycles. The quantitative estimate of drug-likeness (QED) is 0.801. The van der Waals surface area contributed by atoms with Gasteiger partial charge in [-0.15, -0.1) is 0 Å². The molecule has 1 saturated heterocycles. The van der Waals surface area contributed by atoms with Gasteiger partial charge >= 0.3 is 5.97 Å². The van der Waals surface area contributed by atoms with E-state index in [2.05, 4.69) is 5.32 Å². The summed E-state index contributed by atoms with van der Waals surface area (Å²) in [7, 11) is 0. The van der Waals surface area contributed by atoms with E-state index in [4.69, 9.17) is 5.11 Å². The Kier molecular flexibility index (Phi) is 4.36. The third-order valence-corrected chi connectivity index (χ3v) is 5.50. The molecule has 0 aromatic rings. The zero-order valence-corrected chi connectivity index (χ0v) is 12.8. The zero-order valence-electron chi connectivity index (χ0n) is 12.8. The van der Waals surface area contributed by atoms with E-state index in [1.165, 1.54) is 0 Å². The summed E-state index contributed by atoms with van der Waals surface area (Å²) in [5.74, 6) is -1.16. The van der Waals surface area contributed by atoms with E-state index in [1.807, 2.05) is 0 Å². The minimum absolute atomic E-state index is 0.0595. The Hall–Kier alpha value is -1.59. The fourth-order valence-electron chi connectivity index (χ4n) is 4.24. The average Bonchev–Trinajstić information content (AvgIpc) is 2.53. The molecule has 2 N–H and O–H groups in total. The molecule has 3 aliphatic rings. The van der Waals surface area contributed by atoms with Gasteiger partial charge in [-0.3, -0.25) is 14.4 Å². The van der Waals surface area contributed by atoms with Crippen LogP contribution in [0.5, 0.6) is 0 Å². The van der Waals surface area contributed by atoms with Gasteiger partial charge in [0.2, 0.25) is 11.8 Å². The molecule has 6 heteroatoms. The first-order valence-electron chi connectivity index (χ1n) is 8.39. The SMILES string of the molecule is O=C1CN(C(=O)C2CCC(C(=O)O)CC2)C2CCCCC2N1. The van der Waals surface area contributed by atoms with Crippen LogP contribution in [0.25, 0.3) is 0 Å². The van der Waals surface area contributed by atoms with E-state index >= 15 is 0 Å². The third kappa shape index (κ3) is 2.96. The maximum Gasteiger partial charge on any atom is 0.306 e. The van der Waals surface area contributed by atoms with Crippen molar-refractivity contribution in [2.75, 3.05) is 6.54 Å². The van der Waals surface area contributed by atoms with Crippen molar-refractivity contribution in [1.29, 1.82) is 0 Å². The van der Waals surface area contributed by atoms with Crippen LogP contribution in [0.3, 0.4) is 0 Å². The summed E-state index contributed by atoms with van der Waals surface area (Å²) in [5, 5.41) is 12.1. The maximum atomic E-state index is 12.8. The molecule has 0 spiro atoms. The lowest BCUT2D eigenvalue weighted by Crippen LogP contribution is -2.63. The number of carboxylic acids is 1. The van der Waals surface area contributed by atoms with E-state index < -0.39 is 5.97 Å². The van der Waals surface area contributed by atoms with Crippen molar-refractivity contribution in [3.63, 3.8) is 0 Å². The fraction of sp³-hybridized carbons (Fsp3) is 0.812. The van der Waals surface area contributed by atoms with Gasteiger partial charge in [0.15, 0.2) is 0 Å². The molecule has 3 fully saturated rings. The lowest BCUT2D eigenvalue weighted by Gasteiger charge is -2.45. The highest BCUT2D eigenvalue weighted by Gasteiger charge is 2.41. The molecule has 0 aromatic heterocycles. The number of carbonyl (C=O) groups excluding carboxylic acids is 2. The molecule has 1 heterocycles.